The smallest absolute Gasteiger partial charge is 0.191 e. The first-order chi connectivity index (χ1) is 12.8. The largest absolute Gasteiger partial charge is 0.379 e. The van der Waals surface area contributed by atoms with Crippen LogP contribution in [-0.4, -0.2) is 63.8 Å². The zero-order chi connectivity index (χ0) is 18.0. The Hall–Kier alpha value is -0.860. The van der Waals surface area contributed by atoms with Gasteiger partial charge in [-0.3, -0.25) is 9.89 Å². The van der Waals surface area contributed by atoms with Crippen LogP contribution in [0.4, 0.5) is 0 Å². The molecule has 1 aromatic carbocycles. The second-order valence-corrected chi connectivity index (χ2v) is 7.46. The molecule has 5 nitrogen and oxygen atoms in total. The summed E-state index contributed by atoms with van der Waals surface area (Å²) in [6.07, 6.45) is 5.22. The Kier molecular flexibility index (Phi) is 10.4. The molecule has 27 heavy (non-hydrogen) atoms. The van der Waals surface area contributed by atoms with Crippen molar-refractivity contribution in [3.63, 3.8) is 0 Å². The number of nitrogens with zero attached hydrogens (tertiary/aromatic N) is 2. The number of hydrogen-bond donors (Lipinski definition) is 2. The molecule has 0 aromatic heterocycles. The zero-order valence-electron chi connectivity index (χ0n) is 16.5. The van der Waals surface area contributed by atoms with Crippen LogP contribution in [-0.2, 0) is 4.74 Å². The summed E-state index contributed by atoms with van der Waals surface area (Å²) in [7, 11) is 1.86. The molecule has 1 heterocycles. The lowest BCUT2D eigenvalue weighted by molar-refractivity contribution is 0.0389. The summed E-state index contributed by atoms with van der Waals surface area (Å²) >= 11 is 0. The molecule has 0 unspecified atom stereocenters. The van der Waals surface area contributed by atoms with E-state index in [4.69, 9.17) is 4.74 Å². The van der Waals surface area contributed by atoms with Crippen molar-refractivity contribution in [2.75, 3.05) is 53.0 Å². The topological polar surface area (TPSA) is 48.9 Å². The van der Waals surface area contributed by atoms with Crippen molar-refractivity contribution in [3.05, 3.63) is 35.9 Å². The second-order valence-electron chi connectivity index (χ2n) is 7.46. The first-order valence-electron chi connectivity index (χ1n) is 10.1. The molecule has 0 bridgehead atoms. The summed E-state index contributed by atoms with van der Waals surface area (Å²) in [5, 5.41) is 6.97. The lowest BCUT2D eigenvalue weighted by Crippen LogP contribution is -2.45. The van der Waals surface area contributed by atoms with Gasteiger partial charge in [-0.1, -0.05) is 30.3 Å². The van der Waals surface area contributed by atoms with Crippen LogP contribution in [0, 0.1) is 5.92 Å². The fraction of sp³-hybridized carbons (Fsp3) is 0.667. The molecular formula is C21H35IN4O. The van der Waals surface area contributed by atoms with Crippen molar-refractivity contribution in [2.24, 2.45) is 10.9 Å². The molecule has 0 radical (unpaired) electrons. The minimum atomic E-state index is 0. The van der Waals surface area contributed by atoms with Crippen LogP contribution in [0.1, 0.15) is 37.2 Å². The van der Waals surface area contributed by atoms with Gasteiger partial charge in [0.2, 0.25) is 0 Å². The van der Waals surface area contributed by atoms with E-state index in [1.165, 1.54) is 31.2 Å². The predicted octanol–water partition coefficient (Wildman–Crippen LogP) is 3.08. The summed E-state index contributed by atoms with van der Waals surface area (Å²) in [6.45, 7) is 6.80. The van der Waals surface area contributed by atoms with Gasteiger partial charge in [0.1, 0.15) is 0 Å². The van der Waals surface area contributed by atoms with Gasteiger partial charge in [0.15, 0.2) is 5.96 Å². The second kappa shape index (κ2) is 12.6. The molecule has 6 heteroatoms. The Balaban J connectivity index is 0.00000261. The molecule has 1 aliphatic carbocycles. The number of guanidine groups is 1. The van der Waals surface area contributed by atoms with E-state index in [2.05, 4.69) is 50.9 Å². The Bertz CT molecular complexity index is 540. The molecule has 1 aliphatic heterocycles. The molecule has 0 atom stereocenters. The molecule has 152 valence electrons. The summed E-state index contributed by atoms with van der Waals surface area (Å²) in [4.78, 5) is 6.81. The van der Waals surface area contributed by atoms with Crippen LogP contribution >= 0.6 is 24.0 Å². The number of hydrogen-bond acceptors (Lipinski definition) is 3. The number of ether oxygens (including phenoxy) is 1. The number of aliphatic imine (C=N–C) groups is 1. The van der Waals surface area contributed by atoms with Gasteiger partial charge < -0.3 is 15.4 Å². The van der Waals surface area contributed by atoms with Gasteiger partial charge in [-0.25, -0.2) is 0 Å². The lowest BCUT2D eigenvalue weighted by Gasteiger charge is -2.29. The Morgan fingerprint density at radius 2 is 1.78 bits per heavy atom. The summed E-state index contributed by atoms with van der Waals surface area (Å²) in [5.41, 5.74) is 1.51. The van der Waals surface area contributed by atoms with E-state index in [0.717, 1.165) is 63.7 Å². The van der Waals surface area contributed by atoms with Crippen molar-refractivity contribution < 1.29 is 4.74 Å². The molecule has 1 saturated carbocycles. The highest BCUT2D eigenvalue weighted by molar-refractivity contribution is 14.0. The minimum absolute atomic E-state index is 0. The molecular weight excluding hydrogens is 451 g/mol. The standard InChI is InChI=1S/C21H34N4O.HI/c1-22-21(23-11-12-25-13-15-26-16-14-25)24-17-18-7-9-20(10-8-18)19-5-3-2-4-6-19;/h2-6,18,20H,7-17H2,1H3,(H2,22,23,24);1H. The van der Waals surface area contributed by atoms with E-state index in [9.17, 15) is 0 Å². The first kappa shape index (κ1) is 22.4. The number of rotatable bonds is 6. The Labute approximate surface area is 181 Å². The maximum atomic E-state index is 5.39. The van der Waals surface area contributed by atoms with Crippen molar-refractivity contribution in [2.45, 2.75) is 31.6 Å². The monoisotopic (exact) mass is 486 g/mol. The van der Waals surface area contributed by atoms with E-state index < -0.39 is 0 Å². The highest BCUT2D eigenvalue weighted by Crippen LogP contribution is 2.35. The maximum absolute atomic E-state index is 5.39. The van der Waals surface area contributed by atoms with E-state index in [0.29, 0.717) is 0 Å². The number of benzene rings is 1. The molecule has 0 spiro atoms. The van der Waals surface area contributed by atoms with Crippen LogP contribution in [0.15, 0.2) is 35.3 Å². The lowest BCUT2D eigenvalue weighted by atomic mass is 9.79. The Morgan fingerprint density at radius 1 is 1.07 bits per heavy atom. The molecule has 1 saturated heterocycles. The van der Waals surface area contributed by atoms with E-state index >= 15 is 0 Å². The third kappa shape index (κ3) is 7.58. The molecule has 2 fully saturated rings. The SMILES string of the molecule is CN=C(NCCN1CCOCC1)NCC1CCC(c2ccccc2)CC1.I. The maximum Gasteiger partial charge on any atom is 0.191 e. The molecule has 0 amide bonds. The van der Waals surface area contributed by atoms with Crippen molar-refractivity contribution in [3.8, 4) is 0 Å². The van der Waals surface area contributed by atoms with Gasteiger partial charge in [0.05, 0.1) is 13.2 Å². The van der Waals surface area contributed by atoms with Gasteiger partial charge in [-0.2, -0.15) is 0 Å². The highest BCUT2D eigenvalue weighted by atomic mass is 127. The van der Waals surface area contributed by atoms with E-state index in [-0.39, 0.29) is 24.0 Å². The number of nitrogens with one attached hydrogen (secondary N) is 2. The fourth-order valence-electron chi connectivity index (χ4n) is 4.04. The normalized spacial score (nSPS) is 24.1. The molecule has 2 aliphatic rings. The summed E-state index contributed by atoms with van der Waals surface area (Å²) in [6, 6.07) is 11.0. The fourth-order valence-corrected chi connectivity index (χ4v) is 4.04. The van der Waals surface area contributed by atoms with Crippen molar-refractivity contribution in [1.82, 2.24) is 15.5 Å². The highest BCUT2D eigenvalue weighted by Gasteiger charge is 2.22. The van der Waals surface area contributed by atoms with Crippen LogP contribution in [0.3, 0.4) is 0 Å². The third-order valence-corrected chi connectivity index (χ3v) is 5.72. The van der Waals surface area contributed by atoms with E-state index in [1.54, 1.807) is 0 Å². The average Bonchev–Trinajstić information content (AvgIpc) is 2.72. The number of morpholine rings is 1. The van der Waals surface area contributed by atoms with Gasteiger partial charge >= 0.3 is 0 Å². The molecule has 1 aromatic rings. The van der Waals surface area contributed by atoms with Crippen molar-refractivity contribution in [1.29, 1.82) is 0 Å². The summed E-state index contributed by atoms with van der Waals surface area (Å²) in [5.74, 6) is 2.44. The quantitative estimate of drug-likeness (QED) is 0.369. The van der Waals surface area contributed by atoms with Crippen LogP contribution in [0.5, 0.6) is 0 Å². The molecule has 2 N–H and O–H groups in total. The molecule has 3 rings (SSSR count). The van der Waals surface area contributed by atoms with E-state index in [1.807, 2.05) is 7.05 Å². The average molecular weight is 486 g/mol. The van der Waals surface area contributed by atoms with Gasteiger partial charge in [-0.15, -0.1) is 24.0 Å². The van der Waals surface area contributed by atoms with Crippen LogP contribution in [0.2, 0.25) is 0 Å². The minimum Gasteiger partial charge on any atom is -0.379 e. The van der Waals surface area contributed by atoms with Gasteiger partial charge in [0.25, 0.3) is 0 Å². The van der Waals surface area contributed by atoms with Gasteiger partial charge in [0, 0.05) is 39.8 Å². The van der Waals surface area contributed by atoms with Crippen LogP contribution in [0.25, 0.3) is 0 Å². The Morgan fingerprint density at radius 3 is 2.44 bits per heavy atom. The first-order valence-corrected chi connectivity index (χ1v) is 10.1. The zero-order valence-corrected chi connectivity index (χ0v) is 18.9. The van der Waals surface area contributed by atoms with Crippen molar-refractivity contribution >= 4 is 29.9 Å². The summed E-state index contributed by atoms with van der Waals surface area (Å²) < 4.78 is 5.39. The van der Waals surface area contributed by atoms with Gasteiger partial charge in [-0.05, 0) is 43.1 Å². The third-order valence-electron chi connectivity index (χ3n) is 5.72. The predicted molar refractivity (Wildman–Crippen MR) is 123 cm³/mol. The van der Waals surface area contributed by atoms with Crippen LogP contribution < -0.4 is 10.6 Å². The number of halogens is 1.